The zero-order valence-electron chi connectivity index (χ0n) is 17.6. The molecule has 3 rings (SSSR count). The first-order chi connectivity index (χ1) is 14.9. The van der Waals surface area contributed by atoms with Crippen molar-refractivity contribution in [1.82, 2.24) is 24.8 Å². The Morgan fingerprint density at radius 1 is 1.29 bits per heavy atom. The molecule has 9 nitrogen and oxygen atoms in total. The first-order valence-electron chi connectivity index (χ1n) is 9.82. The quantitative estimate of drug-likeness (QED) is 0.398. The summed E-state index contributed by atoms with van der Waals surface area (Å²) in [4.78, 5) is 38.8. The fourth-order valence-electron chi connectivity index (χ4n) is 2.95. The van der Waals surface area contributed by atoms with Crippen molar-refractivity contribution in [3.8, 4) is 23.0 Å². The minimum Gasteiger partial charge on any atom is -0.492 e. The van der Waals surface area contributed by atoms with Crippen LogP contribution in [0.5, 0.6) is 11.6 Å². The van der Waals surface area contributed by atoms with Crippen LogP contribution in [0.3, 0.4) is 0 Å². The SMILES string of the molecule is COc1cc(-c2nc3ncc(OCCCCl)cc3c(=O)n2CC(=O)NC(C)C)ccn1. The van der Waals surface area contributed by atoms with Crippen LogP contribution in [0.2, 0.25) is 0 Å². The van der Waals surface area contributed by atoms with Crippen LogP contribution in [0.25, 0.3) is 22.4 Å². The molecule has 0 atom stereocenters. The summed E-state index contributed by atoms with van der Waals surface area (Å²) in [6, 6.07) is 4.86. The number of pyridine rings is 2. The third kappa shape index (κ3) is 5.49. The molecule has 0 aliphatic carbocycles. The molecule has 164 valence electrons. The number of ether oxygens (including phenoxy) is 2. The van der Waals surface area contributed by atoms with Gasteiger partial charge in [0, 0.05) is 29.7 Å². The molecule has 0 saturated heterocycles. The number of hydrogen-bond donors (Lipinski definition) is 1. The molecule has 0 aliphatic rings. The lowest BCUT2D eigenvalue weighted by molar-refractivity contribution is -0.122. The van der Waals surface area contributed by atoms with Crippen molar-refractivity contribution in [1.29, 1.82) is 0 Å². The highest BCUT2D eigenvalue weighted by atomic mass is 35.5. The van der Waals surface area contributed by atoms with Gasteiger partial charge in [0.05, 0.1) is 25.3 Å². The summed E-state index contributed by atoms with van der Waals surface area (Å²) in [6.45, 7) is 3.91. The van der Waals surface area contributed by atoms with Crippen molar-refractivity contribution in [3.05, 3.63) is 40.9 Å². The van der Waals surface area contributed by atoms with Crippen LogP contribution in [0, 0.1) is 0 Å². The lowest BCUT2D eigenvalue weighted by Crippen LogP contribution is -2.37. The van der Waals surface area contributed by atoms with E-state index in [0.29, 0.717) is 41.9 Å². The lowest BCUT2D eigenvalue weighted by atomic mass is 10.2. The molecule has 0 saturated carbocycles. The minimum absolute atomic E-state index is 0.0651. The Hall–Kier alpha value is -3.20. The lowest BCUT2D eigenvalue weighted by Gasteiger charge is -2.15. The summed E-state index contributed by atoms with van der Waals surface area (Å²) in [7, 11) is 1.50. The molecule has 10 heteroatoms. The van der Waals surface area contributed by atoms with Gasteiger partial charge in [-0.3, -0.25) is 14.2 Å². The fraction of sp³-hybridized carbons (Fsp3) is 0.381. The molecule has 0 aliphatic heterocycles. The summed E-state index contributed by atoms with van der Waals surface area (Å²) in [6.07, 6.45) is 3.72. The normalized spacial score (nSPS) is 11.0. The number of aromatic nitrogens is 4. The van der Waals surface area contributed by atoms with Crippen LogP contribution >= 0.6 is 11.6 Å². The number of fused-ring (bicyclic) bond motifs is 1. The number of methoxy groups -OCH3 is 1. The predicted octanol–water partition coefficient (Wildman–Crippen LogP) is 2.39. The van der Waals surface area contributed by atoms with Gasteiger partial charge in [-0.1, -0.05) is 0 Å². The highest BCUT2D eigenvalue weighted by Gasteiger charge is 2.18. The largest absolute Gasteiger partial charge is 0.492 e. The van der Waals surface area contributed by atoms with E-state index in [1.807, 2.05) is 13.8 Å². The van der Waals surface area contributed by atoms with Gasteiger partial charge in [-0.25, -0.2) is 15.0 Å². The van der Waals surface area contributed by atoms with Gasteiger partial charge in [0.15, 0.2) is 5.65 Å². The van der Waals surface area contributed by atoms with Crippen molar-refractivity contribution in [2.45, 2.75) is 32.9 Å². The zero-order valence-corrected chi connectivity index (χ0v) is 18.3. The predicted molar refractivity (Wildman–Crippen MR) is 118 cm³/mol. The second-order valence-corrected chi connectivity index (χ2v) is 7.45. The standard InChI is InChI=1S/C21H24ClN5O4/c1-13(2)25-17(28)12-27-20(14-5-7-23-18(9-14)30-3)26-19-16(21(27)29)10-15(11-24-19)31-8-4-6-22/h5,7,9-11,13H,4,6,8,12H2,1-3H3,(H,25,28). The molecule has 3 heterocycles. The number of hydrogen-bond acceptors (Lipinski definition) is 7. The Morgan fingerprint density at radius 2 is 2.10 bits per heavy atom. The summed E-state index contributed by atoms with van der Waals surface area (Å²) in [5.74, 6) is 1.26. The number of nitrogens with zero attached hydrogens (tertiary/aromatic N) is 4. The van der Waals surface area contributed by atoms with E-state index in [2.05, 4.69) is 20.3 Å². The van der Waals surface area contributed by atoms with Crippen LogP contribution < -0.4 is 20.3 Å². The van der Waals surface area contributed by atoms with Gasteiger partial charge < -0.3 is 14.8 Å². The Morgan fingerprint density at radius 3 is 2.81 bits per heavy atom. The fourth-order valence-corrected chi connectivity index (χ4v) is 3.06. The van der Waals surface area contributed by atoms with E-state index in [0.717, 1.165) is 0 Å². The zero-order chi connectivity index (χ0) is 22.4. The minimum atomic E-state index is -0.398. The van der Waals surface area contributed by atoms with Gasteiger partial charge in [0.1, 0.15) is 18.1 Å². The maximum atomic E-state index is 13.4. The van der Waals surface area contributed by atoms with Crippen LogP contribution in [-0.2, 0) is 11.3 Å². The number of alkyl halides is 1. The molecular formula is C21H24ClN5O4. The molecule has 3 aromatic heterocycles. The van der Waals surface area contributed by atoms with Crippen molar-refractivity contribution in [2.75, 3.05) is 19.6 Å². The van der Waals surface area contributed by atoms with E-state index >= 15 is 0 Å². The number of carbonyl (C=O) groups is 1. The van der Waals surface area contributed by atoms with E-state index in [4.69, 9.17) is 21.1 Å². The van der Waals surface area contributed by atoms with Crippen LogP contribution in [0.4, 0.5) is 0 Å². The van der Waals surface area contributed by atoms with E-state index in [9.17, 15) is 9.59 Å². The van der Waals surface area contributed by atoms with E-state index < -0.39 is 5.56 Å². The van der Waals surface area contributed by atoms with Crippen LogP contribution in [0.15, 0.2) is 35.4 Å². The molecule has 1 N–H and O–H groups in total. The van der Waals surface area contributed by atoms with Crippen molar-refractivity contribution in [2.24, 2.45) is 0 Å². The number of amides is 1. The number of halogens is 1. The smallest absolute Gasteiger partial charge is 0.263 e. The molecule has 0 unspecified atom stereocenters. The first-order valence-corrected chi connectivity index (χ1v) is 10.4. The molecule has 1 amide bonds. The number of rotatable bonds is 9. The van der Waals surface area contributed by atoms with Crippen molar-refractivity contribution in [3.63, 3.8) is 0 Å². The molecule has 0 fully saturated rings. The molecule has 31 heavy (non-hydrogen) atoms. The third-order valence-electron chi connectivity index (χ3n) is 4.28. The van der Waals surface area contributed by atoms with E-state index in [1.165, 1.54) is 17.9 Å². The van der Waals surface area contributed by atoms with Gasteiger partial charge >= 0.3 is 0 Å². The second kappa shape index (κ2) is 10.2. The van der Waals surface area contributed by atoms with Crippen molar-refractivity contribution < 1.29 is 14.3 Å². The Kier molecular flexibility index (Phi) is 7.41. The van der Waals surface area contributed by atoms with Crippen LogP contribution in [-0.4, -0.2) is 51.1 Å². The highest BCUT2D eigenvalue weighted by molar-refractivity contribution is 6.17. The third-order valence-corrected chi connectivity index (χ3v) is 4.55. The van der Waals surface area contributed by atoms with Gasteiger partial charge in [-0.2, -0.15) is 0 Å². The average Bonchev–Trinajstić information content (AvgIpc) is 2.75. The molecule has 3 aromatic rings. The highest BCUT2D eigenvalue weighted by Crippen LogP contribution is 2.22. The van der Waals surface area contributed by atoms with Crippen molar-refractivity contribution >= 4 is 28.5 Å². The van der Waals surface area contributed by atoms with E-state index in [-0.39, 0.29) is 29.5 Å². The first kappa shape index (κ1) is 22.5. The molecule has 0 bridgehead atoms. The monoisotopic (exact) mass is 445 g/mol. The van der Waals surface area contributed by atoms with Gasteiger partial charge in [-0.05, 0) is 32.4 Å². The Balaban J connectivity index is 2.13. The van der Waals surface area contributed by atoms with E-state index in [1.54, 1.807) is 24.4 Å². The summed E-state index contributed by atoms with van der Waals surface area (Å²) in [5.41, 5.74) is 0.429. The topological polar surface area (TPSA) is 108 Å². The second-order valence-electron chi connectivity index (χ2n) is 7.07. The number of nitrogens with one attached hydrogen (secondary N) is 1. The molecule has 0 radical (unpaired) electrons. The molecule has 0 spiro atoms. The summed E-state index contributed by atoms with van der Waals surface area (Å²) < 4.78 is 12.1. The molecular weight excluding hydrogens is 422 g/mol. The number of carbonyl (C=O) groups excluding carboxylic acids is 1. The maximum Gasteiger partial charge on any atom is 0.263 e. The van der Waals surface area contributed by atoms with Gasteiger partial charge in [0.2, 0.25) is 11.8 Å². The summed E-state index contributed by atoms with van der Waals surface area (Å²) in [5, 5.41) is 3.05. The average molecular weight is 446 g/mol. The Labute approximate surface area is 184 Å². The van der Waals surface area contributed by atoms with Gasteiger partial charge in [-0.15, -0.1) is 11.6 Å². The van der Waals surface area contributed by atoms with Gasteiger partial charge in [0.25, 0.3) is 5.56 Å². The maximum absolute atomic E-state index is 13.4. The van der Waals surface area contributed by atoms with Crippen LogP contribution in [0.1, 0.15) is 20.3 Å². The summed E-state index contributed by atoms with van der Waals surface area (Å²) >= 11 is 5.68. The Bertz CT molecular complexity index is 1130. The molecule has 0 aromatic carbocycles.